The Morgan fingerprint density at radius 2 is 2.00 bits per heavy atom. The summed E-state index contributed by atoms with van der Waals surface area (Å²) in [6, 6.07) is 13.7. The smallest absolute Gasteiger partial charge is 0.214 e. The fourth-order valence-electron chi connectivity index (χ4n) is 2.59. The van der Waals surface area contributed by atoms with E-state index in [-0.39, 0.29) is 0 Å². The highest BCUT2D eigenvalue weighted by Gasteiger charge is 2.15. The number of ether oxygens (including phenoxy) is 3. The van der Waals surface area contributed by atoms with E-state index in [1.165, 1.54) is 17.3 Å². The molecule has 0 radical (unpaired) electrons. The molecular formula is C18H18N4O3S. The van der Waals surface area contributed by atoms with E-state index < -0.39 is 0 Å². The van der Waals surface area contributed by atoms with E-state index in [1.54, 1.807) is 4.68 Å². The molecule has 0 atom stereocenters. The van der Waals surface area contributed by atoms with Crippen molar-refractivity contribution in [1.29, 1.82) is 0 Å². The van der Waals surface area contributed by atoms with Crippen molar-refractivity contribution in [2.24, 2.45) is 0 Å². The van der Waals surface area contributed by atoms with Gasteiger partial charge in [-0.3, -0.25) is 0 Å². The zero-order chi connectivity index (χ0) is 17.8. The minimum Gasteiger partial charge on any atom is -0.493 e. The maximum atomic E-state index is 5.77. The fraction of sp³-hybridized carbons (Fsp3) is 0.278. The number of fused-ring (bicyclic) bond motifs is 1. The highest BCUT2D eigenvalue weighted by molar-refractivity contribution is 7.99. The number of nitrogens with zero attached hydrogens (tertiary/aromatic N) is 4. The summed E-state index contributed by atoms with van der Waals surface area (Å²) in [5.41, 5.74) is 2.01. The van der Waals surface area contributed by atoms with Crippen LogP contribution in [0.4, 0.5) is 0 Å². The van der Waals surface area contributed by atoms with Crippen LogP contribution in [0.25, 0.3) is 5.69 Å². The lowest BCUT2D eigenvalue weighted by molar-refractivity contribution is 0.171. The standard InChI is InChI=1S/C18H18N4O3S/c1-13-3-2-4-15(11-13)23-9-10-26-18-19-20-21-22(18)14-5-6-16-17(12-14)25-8-7-24-16/h2-6,11-12H,7-10H2,1H3. The number of aryl methyl sites for hydroxylation is 1. The molecule has 2 aromatic carbocycles. The number of hydrogen-bond acceptors (Lipinski definition) is 7. The van der Waals surface area contributed by atoms with Crippen LogP contribution < -0.4 is 14.2 Å². The van der Waals surface area contributed by atoms with Crippen molar-refractivity contribution < 1.29 is 14.2 Å². The first-order valence-corrected chi connectivity index (χ1v) is 9.29. The monoisotopic (exact) mass is 370 g/mol. The van der Waals surface area contributed by atoms with Gasteiger partial charge in [0.25, 0.3) is 0 Å². The normalized spacial score (nSPS) is 12.8. The van der Waals surface area contributed by atoms with Crippen molar-refractivity contribution in [3.05, 3.63) is 48.0 Å². The summed E-state index contributed by atoms with van der Waals surface area (Å²) in [6.07, 6.45) is 0. The minimum atomic E-state index is 0.546. The van der Waals surface area contributed by atoms with Gasteiger partial charge in [0.2, 0.25) is 5.16 Å². The van der Waals surface area contributed by atoms with Crippen LogP contribution >= 0.6 is 11.8 Å². The minimum absolute atomic E-state index is 0.546. The number of rotatable bonds is 6. The molecule has 7 nitrogen and oxygen atoms in total. The third-order valence-electron chi connectivity index (χ3n) is 3.78. The molecule has 0 amide bonds. The molecule has 26 heavy (non-hydrogen) atoms. The van der Waals surface area contributed by atoms with Crippen LogP contribution in [-0.4, -0.2) is 45.8 Å². The fourth-order valence-corrected chi connectivity index (χ4v) is 3.30. The zero-order valence-corrected chi connectivity index (χ0v) is 15.1. The molecule has 1 aromatic heterocycles. The number of thioether (sulfide) groups is 1. The zero-order valence-electron chi connectivity index (χ0n) is 14.3. The average Bonchev–Trinajstić information content (AvgIpc) is 3.13. The second kappa shape index (κ2) is 7.65. The lowest BCUT2D eigenvalue weighted by Gasteiger charge is -2.18. The van der Waals surface area contributed by atoms with Crippen LogP contribution in [-0.2, 0) is 0 Å². The van der Waals surface area contributed by atoms with Gasteiger partial charge in [-0.15, -0.1) is 5.10 Å². The van der Waals surface area contributed by atoms with E-state index >= 15 is 0 Å². The maximum absolute atomic E-state index is 5.77. The molecule has 0 unspecified atom stereocenters. The van der Waals surface area contributed by atoms with E-state index in [9.17, 15) is 0 Å². The molecule has 8 heteroatoms. The molecule has 134 valence electrons. The maximum Gasteiger partial charge on any atom is 0.214 e. The summed E-state index contributed by atoms with van der Waals surface area (Å²) in [4.78, 5) is 0. The van der Waals surface area contributed by atoms with Gasteiger partial charge < -0.3 is 14.2 Å². The predicted octanol–water partition coefficient (Wildman–Crippen LogP) is 2.91. The van der Waals surface area contributed by atoms with Gasteiger partial charge in [0.15, 0.2) is 11.5 Å². The molecule has 0 bridgehead atoms. The Hall–Kier alpha value is -2.74. The van der Waals surface area contributed by atoms with Crippen molar-refractivity contribution in [3.8, 4) is 22.9 Å². The Bertz CT molecular complexity index is 900. The van der Waals surface area contributed by atoms with Crippen molar-refractivity contribution >= 4 is 11.8 Å². The molecule has 2 heterocycles. The Kier molecular flexibility index (Phi) is 4.92. The van der Waals surface area contributed by atoms with E-state index in [0.29, 0.717) is 30.7 Å². The van der Waals surface area contributed by atoms with Gasteiger partial charge in [0.05, 0.1) is 12.3 Å². The van der Waals surface area contributed by atoms with Crippen molar-refractivity contribution in [2.75, 3.05) is 25.6 Å². The SMILES string of the molecule is Cc1cccc(OCCSc2nnnn2-c2ccc3c(c2)OCCO3)c1. The largest absolute Gasteiger partial charge is 0.493 e. The van der Waals surface area contributed by atoms with Crippen LogP contribution in [0.5, 0.6) is 17.2 Å². The van der Waals surface area contributed by atoms with Crippen LogP contribution in [0.2, 0.25) is 0 Å². The third-order valence-corrected chi connectivity index (χ3v) is 4.67. The van der Waals surface area contributed by atoms with E-state index in [4.69, 9.17) is 14.2 Å². The molecule has 1 aliphatic rings. The summed E-state index contributed by atoms with van der Waals surface area (Å²) in [7, 11) is 0. The van der Waals surface area contributed by atoms with Gasteiger partial charge in [-0.1, -0.05) is 23.9 Å². The first-order chi connectivity index (χ1) is 12.8. The number of hydrogen-bond donors (Lipinski definition) is 0. The van der Waals surface area contributed by atoms with Gasteiger partial charge in [-0.05, 0) is 47.2 Å². The second-order valence-electron chi connectivity index (χ2n) is 5.71. The van der Waals surface area contributed by atoms with Gasteiger partial charge in [-0.2, -0.15) is 4.68 Å². The first-order valence-electron chi connectivity index (χ1n) is 8.30. The average molecular weight is 370 g/mol. The lowest BCUT2D eigenvalue weighted by atomic mass is 10.2. The molecular weight excluding hydrogens is 352 g/mol. The summed E-state index contributed by atoms with van der Waals surface area (Å²) >= 11 is 1.54. The first kappa shape index (κ1) is 16.7. The number of benzene rings is 2. The van der Waals surface area contributed by atoms with E-state index in [0.717, 1.165) is 22.9 Å². The van der Waals surface area contributed by atoms with Gasteiger partial charge in [0.1, 0.15) is 19.0 Å². The van der Waals surface area contributed by atoms with Crippen LogP contribution in [0, 0.1) is 6.92 Å². The molecule has 0 saturated heterocycles. The van der Waals surface area contributed by atoms with Crippen LogP contribution in [0.1, 0.15) is 5.56 Å². The lowest BCUT2D eigenvalue weighted by Crippen LogP contribution is -2.15. The Morgan fingerprint density at radius 1 is 1.12 bits per heavy atom. The molecule has 1 aliphatic heterocycles. The Balaban J connectivity index is 1.39. The predicted molar refractivity (Wildman–Crippen MR) is 97.5 cm³/mol. The summed E-state index contributed by atoms with van der Waals surface area (Å²) in [6.45, 7) is 3.73. The third kappa shape index (κ3) is 3.75. The summed E-state index contributed by atoms with van der Waals surface area (Å²) < 4.78 is 18.6. The van der Waals surface area contributed by atoms with Crippen molar-refractivity contribution in [2.45, 2.75) is 12.1 Å². The Morgan fingerprint density at radius 3 is 2.88 bits per heavy atom. The second-order valence-corrected chi connectivity index (χ2v) is 6.78. The topological polar surface area (TPSA) is 71.3 Å². The van der Waals surface area contributed by atoms with Crippen molar-refractivity contribution in [3.63, 3.8) is 0 Å². The number of aromatic nitrogens is 4. The van der Waals surface area contributed by atoms with Crippen LogP contribution in [0.15, 0.2) is 47.6 Å². The molecule has 4 rings (SSSR count). The summed E-state index contributed by atoms with van der Waals surface area (Å²) in [5, 5.41) is 12.7. The number of tetrazole rings is 1. The van der Waals surface area contributed by atoms with Gasteiger partial charge in [0, 0.05) is 11.8 Å². The van der Waals surface area contributed by atoms with Crippen molar-refractivity contribution in [1.82, 2.24) is 20.2 Å². The van der Waals surface area contributed by atoms with Gasteiger partial charge >= 0.3 is 0 Å². The molecule has 0 aliphatic carbocycles. The molecule has 0 fully saturated rings. The molecule has 0 N–H and O–H groups in total. The highest BCUT2D eigenvalue weighted by Crippen LogP contribution is 2.32. The summed E-state index contributed by atoms with van der Waals surface area (Å²) in [5.74, 6) is 3.06. The highest BCUT2D eigenvalue weighted by atomic mass is 32.2. The molecule has 0 spiro atoms. The quantitative estimate of drug-likeness (QED) is 0.488. The van der Waals surface area contributed by atoms with Crippen LogP contribution in [0.3, 0.4) is 0 Å². The van der Waals surface area contributed by atoms with E-state index in [1.807, 2.05) is 49.4 Å². The van der Waals surface area contributed by atoms with Gasteiger partial charge in [-0.25, -0.2) is 0 Å². The van der Waals surface area contributed by atoms with E-state index in [2.05, 4.69) is 15.5 Å². The molecule has 3 aromatic rings. The molecule has 0 saturated carbocycles. The Labute approximate surface area is 155 Å².